The van der Waals surface area contributed by atoms with E-state index in [0.717, 1.165) is 11.1 Å². The number of hydrogen-bond acceptors (Lipinski definition) is 5. The summed E-state index contributed by atoms with van der Waals surface area (Å²) >= 11 is 1.42. The number of phenols is 1. The Morgan fingerprint density at radius 3 is 2.71 bits per heavy atom. The zero-order valence-corrected chi connectivity index (χ0v) is 16.0. The molecule has 2 aromatic carbocycles. The van der Waals surface area contributed by atoms with Crippen LogP contribution < -0.4 is 10.9 Å². The molecule has 0 fully saturated rings. The molecule has 3 aromatic rings. The maximum absolute atomic E-state index is 12.8. The number of nitrogens with one attached hydrogen (secondary N) is 2. The van der Waals surface area contributed by atoms with E-state index in [4.69, 9.17) is 0 Å². The first-order chi connectivity index (χ1) is 13.5. The van der Waals surface area contributed by atoms with Gasteiger partial charge in [0.15, 0.2) is 5.16 Å². The number of rotatable bonds is 4. The number of aromatic hydroxyl groups is 1. The summed E-state index contributed by atoms with van der Waals surface area (Å²) in [6, 6.07) is 14.7. The third-order valence-electron chi connectivity index (χ3n) is 4.68. The average molecular weight is 393 g/mol. The summed E-state index contributed by atoms with van der Waals surface area (Å²) in [4.78, 5) is 32.3. The van der Waals surface area contributed by atoms with Crippen LogP contribution in [0.1, 0.15) is 34.6 Å². The quantitative estimate of drug-likeness (QED) is 0.465. The zero-order chi connectivity index (χ0) is 19.7. The highest BCUT2D eigenvalue weighted by Crippen LogP contribution is 2.35. The third-order valence-corrected chi connectivity index (χ3v) is 5.63. The Morgan fingerprint density at radius 1 is 1.18 bits per heavy atom. The number of aryl methyl sites for hydroxylation is 1. The Balaban J connectivity index is 1.65. The van der Waals surface area contributed by atoms with Gasteiger partial charge in [0.05, 0.1) is 5.56 Å². The number of hydrogen-bond donors (Lipinski definition) is 3. The normalized spacial score (nSPS) is 15.8. The number of H-pyrrole nitrogens is 1. The maximum Gasteiger partial charge on any atom is 0.257 e. The molecule has 3 N–H and O–H groups in total. The summed E-state index contributed by atoms with van der Waals surface area (Å²) in [6.07, 6.45) is 0.165. The van der Waals surface area contributed by atoms with E-state index < -0.39 is 5.92 Å². The van der Waals surface area contributed by atoms with Crippen molar-refractivity contribution in [2.45, 2.75) is 30.2 Å². The van der Waals surface area contributed by atoms with Gasteiger partial charge in [-0.2, -0.15) is 0 Å². The monoisotopic (exact) mass is 393 g/mol. The van der Waals surface area contributed by atoms with E-state index in [2.05, 4.69) is 21.4 Å². The second kappa shape index (κ2) is 7.52. The number of carbonyl (C=O) groups is 1. The summed E-state index contributed by atoms with van der Waals surface area (Å²) in [5.41, 5.74) is 3.30. The van der Waals surface area contributed by atoms with Gasteiger partial charge >= 0.3 is 0 Å². The second-order valence-corrected chi connectivity index (χ2v) is 7.77. The Bertz CT molecular complexity index is 1090. The smallest absolute Gasteiger partial charge is 0.257 e. The van der Waals surface area contributed by atoms with Crippen molar-refractivity contribution >= 4 is 23.5 Å². The van der Waals surface area contributed by atoms with Crippen LogP contribution >= 0.6 is 11.8 Å². The molecule has 0 saturated heterocycles. The molecular formula is C21H19N3O3S. The highest BCUT2D eigenvalue weighted by Gasteiger charge is 2.30. The highest BCUT2D eigenvalue weighted by molar-refractivity contribution is 7.98. The summed E-state index contributed by atoms with van der Waals surface area (Å²) < 4.78 is 0. The van der Waals surface area contributed by atoms with Crippen LogP contribution in [0.4, 0.5) is 5.82 Å². The first kappa shape index (κ1) is 18.3. The molecule has 142 valence electrons. The molecule has 28 heavy (non-hydrogen) atoms. The fraction of sp³-hybridized carbons (Fsp3) is 0.190. The van der Waals surface area contributed by atoms with Crippen LogP contribution in [0.25, 0.3) is 0 Å². The lowest BCUT2D eigenvalue weighted by Crippen LogP contribution is -2.31. The number of aromatic nitrogens is 2. The maximum atomic E-state index is 12.8. The average Bonchev–Trinajstić information content (AvgIpc) is 2.66. The van der Waals surface area contributed by atoms with Crippen molar-refractivity contribution in [1.29, 1.82) is 0 Å². The molecule has 2 heterocycles. The van der Waals surface area contributed by atoms with Crippen LogP contribution in [-0.4, -0.2) is 21.0 Å². The first-order valence-electron chi connectivity index (χ1n) is 8.91. The van der Waals surface area contributed by atoms with Gasteiger partial charge in [-0.25, -0.2) is 4.98 Å². The van der Waals surface area contributed by atoms with Crippen LogP contribution in [0.5, 0.6) is 5.75 Å². The minimum atomic E-state index is -0.392. The van der Waals surface area contributed by atoms with Gasteiger partial charge in [0, 0.05) is 18.1 Å². The van der Waals surface area contributed by atoms with Crippen LogP contribution in [0.15, 0.2) is 58.5 Å². The molecule has 6 nitrogen and oxygen atoms in total. The van der Waals surface area contributed by atoms with Crippen molar-refractivity contribution in [2.24, 2.45) is 0 Å². The summed E-state index contributed by atoms with van der Waals surface area (Å²) in [7, 11) is 0. The van der Waals surface area contributed by atoms with Crippen molar-refractivity contribution in [2.75, 3.05) is 5.32 Å². The number of carbonyl (C=O) groups excluding carboxylic acids is 1. The summed E-state index contributed by atoms with van der Waals surface area (Å²) in [5, 5.41) is 12.7. The fourth-order valence-electron chi connectivity index (χ4n) is 3.36. The first-order valence-corrected chi connectivity index (χ1v) is 9.89. The van der Waals surface area contributed by atoms with Crippen LogP contribution in [0.3, 0.4) is 0 Å². The molecule has 1 atom stereocenters. The van der Waals surface area contributed by atoms with Gasteiger partial charge in [0.25, 0.3) is 5.56 Å². The molecule has 1 amide bonds. The standard InChI is InChI=1S/C21H19N3O3S/c1-12-3-2-4-13(9-12)11-28-21-23-19-18(20(27)24-21)16(10-17(26)22-19)14-5-7-15(25)8-6-14/h2-9,16,25H,10-11H2,1H3,(H2,22,23,24,26,27). The molecule has 0 spiro atoms. The molecular weight excluding hydrogens is 374 g/mol. The Morgan fingerprint density at radius 2 is 1.96 bits per heavy atom. The number of fused-ring (bicyclic) bond motifs is 1. The lowest BCUT2D eigenvalue weighted by Gasteiger charge is -2.24. The van der Waals surface area contributed by atoms with Gasteiger partial charge in [-0.05, 0) is 30.2 Å². The van der Waals surface area contributed by atoms with Gasteiger partial charge in [-0.15, -0.1) is 0 Å². The second-order valence-electron chi connectivity index (χ2n) is 6.81. The molecule has 1 aliphatic rings. The van der Waals surface area contributed by atoms with Crippen molar-refractivity contribution in [1.82, 2.24) is 9.97 Å². The predicted molar refractivity (Wildman–Crippen MR) is 109 cm³/mol. The molecule has 0 radical (unpaired) electrons. The van der Waals surface area contributed by atoms with E-state index in [-0.39, 0.29) is 23.6 Å². The van der Waals surface area contributed by atoms with E-state index in [9.17, 15) is 14.7 Å². The van der Waals surface area contributed by atoms with E-state index in [1.54, 1.807) is 24.3 Å². The van der Waals surface area contributed by atoms with Gasteiger partial charge < -0.3 is 15.4 Å². The van der Waals surface area contributed by atoms with Crippen molar-refractivity contribution in [3.63, 3.8) is 0 Å². The van der Waals surface area contributed by atoms with Crippen molar-refractivity contribution in [3.8, 4) is 5.75 Å². The minimum absolute atomic E-state index is 0.138. The number of benzene rings is 2. The van der Waals surface area contributed by atoms with Gasteiger partial charge in [-0.1, -0.05) is 53.7 Å². The summed E-state index contributed by atoms with van der Waals surface area (Å²) in [5.74, 6) is 0.539. The Kier molecular flexibility index (Phi) is 4.92. The lowest BCUT2D eigenvalue weighted by atomic mass is 9.87. The number of thioether (sulfide) groups is 1. The molecule has 4 rings (SSSR count). The number of aromatic amines is 1. The SMILES string of the molecule is Cc1cccc(CSc2nc3c(c(=O)[nH]2)C(c2ccc(O)cc2)CC(=O)N3)c1. The molecule has 0 saturated carbocycles. The van der Waals surface area contributed by atoms with E-state index in [1.807, 2.05) is 25.1 Å². The molecule has 0 bridgehead atoms. The fourth-order valence-corrected chi connectivity index (χ4v) is 4.17. The predicted octanol–water partition coefficient (Wildman–Crippen LogP) is 3.55. The Labute approximate surface area is 166 Å². The zero-order valence-electron chi connectivity index (χ0n) is 15.2. The Hall–Kier alpha value is -3.06. The number of nitrogens with zero attached hydrogens (tertiary/aromatic N) is 1. The van der Waals surface area contributed by atoms with E-state index >= 15 is 0 Å². The third kappa shape index (κ3) is 3.80. The summed E-state index contributed by atoms with van der Waals surface area (Å²) in [6.45, 7) is 2.03. The van der Waals surface area contributed by atoms with Gasteiger partial charge in [-0.3, -0.25) is 9.59 Å². The van der Waals surface area contributed by atoms with Crippen LogP contribution in [0, 0.1) is 6.92 Å². The minimum Gasteiger partial charge on any atom is -0.508 e. The molecule has 1 aromatic heterocycles. The topological polar surface area (TPSA) is 95.1 Å². The van der Waals surface area contributed by atoms with Gasteiger partial charge in [0.1, 0.15) is 11.6 Å². The number of anilines is 1. The number of phenolic OH excluding ortho intramolecular Hbond substituents is 1. The van der Waals surface area contributed by atoms with Crippen LogP contribution in [-0.2, 0) is 10.5 Å². The van der Waals surface area contributed by atoms with Crippen LogP contribution in [0.2, 0.25) is 0 Å². The van der Waals surface area contributed by atoms with Gasteiger partial charge in [0.2, 0.25) is 5.91 Å². The molecule has 7 heteroatoms. The molecule has 1 unspecified atom stereocenters. The number of amides is 1. The molecule has 1 aliphatic heterocycles. The lowest BCUT2D eigenvalue weighted by molar-refractivity contribution is -0.116. The highest BCUT2D eigenvalue weighted by atomic mass is 32.2. The van der Waals surface area contributed by atoms with E-state index in [0.29, 0.717) is 22.3 Å². The molecule has 0 aliphatic carbocycles. The van der Waals surface area contributed by atoms with E-state index in [1.165, 1.54) is 17.3 Å². The van der Waals surface area contributed by atoms with Crippen molar-refractivity contribution in [3.05, 3.63) is 81.1 Å². The largest absolute Gasteiger partial charge is 0.508 e. The van der Waals surface area contributed by atoms with Crippen molar-refractivity contribution < 1.29 is 9.90 Å².